The van der Waals surface area contributed by atoms with Gasteiger partial charge in [-0.2, -0.15) is 11.3 Å². The fourth-order valence-corrected chi connectivity index (χ4v) is 2.46. The largest absolute Gasteiger partial charge is 0.497 e. The van der Waals surface area contributed by atoms with Gasteiger partial charge >= 0.3 is 0 Å². The van der Waals surface area contributed by atoms with E-state index in [0.717, 1.165) is 23.3 Å². The van der Waals surface area contributed by atoms with Crippen LogP contribution in [-0.4, -0.2) is 32.0 Å². The molecule has 0 spiro atoms. The van der Waals surface area contributed by atoms with Crippen molar-refractivity contribution in [2.24, 2.45) is 10.9 Å². The van der Waals surface area contributed by atoms with E-state index in [-0.39, 0.29) is 18.3 Å². The van der Waals surface area contributed by atoms with Crippen LogP contribution in [0.15, 0.2) is 46.2 Å². The maximum atomic E-state index is 11.6. The molecule has 1 heterocycles. The fourth-order valence-electron chi connectivity index (χ4n) is 1.81. The predicted molar refractivity (Wildman–Crippen MR) is 90.7 cm³/mol. The first-order valence-corrected chi connectivity index (χ1v) is 8.01. The van der Waals surface area contributed by atoms with Crippen molar-refractivity contribution in [1.29, 1.82) is 0 Å². The molecule has 1 amide bonds. The number of nitrogens with two attached hydrogens (primary N) is 1. The third kappa shape index (κ3) is 5.63. The first-order valence-electron chi connectivity index (χ1n) is 7.06. The second-order valence-electron chi connectivity index (χ2n) is 4.71. The van der Waals surface area contributed by atoms with Gasteiger partial charge in [0.25, 0.3) is 5.91 Å². The number of oxime groups is 1. The van der Waals surface area contributed by atoms with Gasteiger partial charge < -0.3 is 20.6 Å². The minimum absolute atomic E-state index is 0.159. The zero-order valence-electron chi connectivity index (χ0n) is 12.8. The van der Waals surface area contributed by atoms with Gasteiger partial charge in [-0.15, -0.1) is 0 Å². The first kappa shape index (κ1) is 16.8. The molecule has 0 fully saturated rings. The van der Waals surface area contributed by atoms with Crippen LogP contribution in [0.4, 0.5) is 0 Å². The third-order valence-corrected chi connectivity index (χ3v) is 3.75. The number of hydrogen-bond donors (Lipinski definition) is 2. The number of carbonyl (C=O) groups is 1. The number of carbonyl (C=O) groups excluding carboxylic acids is 1. The van der Waals surface area contributed by atoms with Crippen molar-refractivity contribution >= 4 is 23.1 Å². The van der Waals surface area contributed by atoms with Crippen LogP contribution in [0.5, 0.6) is 5.75 Å². The van der Waals surface area contributed by atoms with Crippen molar-refractivity contribution in [3.05, 3.63) is 52.2 Å². The lowest BCUT2D eigenvalue weighted by atomic mass is 10.1. The van der Waals surface area contributed by atoms with E-state index >= 15 is 0 Å². The standard InChI is InChI=1S/C16H19N3O3S/c1-21-14-4-2-12(3-5-14)6-8-18-15(20)10-22-19-16(17)13-7-9-23-11-13/h2-5,7,9,11H,6,8,10H2,1H3,(H2,17,19)(H,18,20). The quantitative estimate of drug-likeness (QED) is 0.438. The molecule has 6 nitrogen and oxygen atoms in total. The van der Waals surface area contributed by atoms with E-state index in [2.05, 4.69) is 10.5 Å². The summed E-state index contributed by atoms with van der Waals surface area (Å²) in [5.74, 6) is 0.838. The Kier molecular flexibility index (Phi) is 6.43. The summed E-state index contributed by atoms with van der Waals surface area (Å²) in [7, 11) is 1.63. The van der Waals surface area contributed by atoms with Crippen molar-refractivity contribution in [2.45, 2.75) is 6.42 Å². The zero-order valence-corrected chi connectivity index (χ0v) is 13.6. The highest BCUT2D eigenvalue weighted by atomic mass is 32.1. The number of methoxy groups -OCH3 is 1. The summed E-state index contributed by atoms with van der Waals surface area (Å²) >= 11 is 1.52. The van der Waals surface area contributed by atoms with Gasteiger partial charge in [-0.05, 0) is 35.6 Å². The summed E-state index contributed by atoms with van der Waals surface area (Å²) in [4.78, 5) is 16.6. The summed E-state index contributed by atoms with van der Waals surface area (Å²) in [5.41, 5.74) is 7.62. The van der Waals surface area contributed by atoms with Crippen LogP contribution in [0, 0.1) is 0 Å². The number of nitrogens with one attached hydrogen (secondary N) is 1. The number of nitrogens with zero attached hydrogens (tertiary/aromatic N) is 1. The van der Waals surface area contributed by atoms with Crippen LogP contribution in [0.2, 0.25) is 0 Å². The lowest BCUT2D eigenvalue weighted by molar-refractivity contribution is -0.125. The van der Waals surface area contributed by atoms with Gasteiger partial charge in [0.1, 0.15) is 5.75 Å². The summed E-state index contributed by atoms with van der Waals surface area (Å²) in [5, 5.41) is 10.2. The average Bonchev–Trinajstić information content (AvgIpc) is 3.10. The molecular formula is C16H19N3O3S. The van der Waals surface area contributed by atoms with E-state index in [0.29, 0.717) is 6.54 Å². The van der Waals surface area contributed by atoms with E-state index in [9.17, 15) is 4.79 Å². The van der Waals surface area contributed by atoms with E-state index in [1.807, 2.05) is 41.1 Å². The number of ether oxygens (including phenoxy) is 1. The van der Waals surface area contributed by atoms with Crippen molar-refractivity contribution < 1.29 is 14.4 Å². The Balaban J connectivity index is 1.66. The van der Waals surface area contributed by atoms with Crippen molar-refractivity contribution in [1.82, 2.24) is 5.32 Å². The topological polar surface area (TPSA) is 85.9 Å². The van der Waals surface area contributed by atoms with E-state index in [1.165, 1.54) is 11.3 Å². The molecule has 3 N–H and O–H groups in total. The SMILES string of the molecule is COc1ccc(CCNC(=O)CO/N=C(/N)c2ccsc2)cc1. The highest BCUT2D eigenvalue weighted by Gasteiger charge is 2.03. The number of rotatable bonds is 8. The lowest BCUT2D eigenvalue weighted by Gasteiger charge is -2.06. The highest BCUT2D eigenvalue weighted by Crippen LogP contribution is 2.11. The number of thiophene rings is 1. The maximum absolute atomic E-state index is 11.6. The molecule has 122 valence electrons. The Morgan fingerprint density at radius 1 is 1.30 bits per heavy atom. The highest BCUT2D eigenvalue weighted by molar-refractivity contribution is 7.08. The molecule has 0 saturated heterocycles. The molecule has 2 aromatic rings. The number of hydrogen-bond acceptors (Lipinski definition) is 5. The van der Waals surface area contributed by atoms with Crippen molar-refractivity contribution in [2.75, 3.05) is 20.3 Å². The minimum atomic E-state index is -0.236. The molecule has 0 aliphatic heterocycles. The molecule has 0 saturated carbocycles. The van der Waals surface area contributed by atoms with E-state index < -0.39 is 0 Å². The Morgan fingerprint density at radius 2 is 2.09 bits per heavy atom. The Hall–Kier alpha value is -2.54. The van der Waals surface area contributed by atoms with Gasteiger partial charge in [0, 0.05) is 17.5 Å². The molecule has 23 heavy (non-hydrogen) atoms. The molecule has 1 aromatic carbocycles. The predicted octanol–water partition coefficient (Wildman–Crippen LogP) is 1.75. The van der Waals surface area contributed by atoms with Gasteiger partial charge in [0.2, 0.25) is 0 Å². The van der Waals surface area contributed by atoms with Gasteiger partial charge in [0.15, 0.2) is 12.4 Å². The van der Waals surface area contributed by atoms with Crippen LogP contribution in [-0.2, 0) is 16.1 Å². The molecule has 0 aliphatic rings. The number of amides is 1. The average molecular weight is 333 g/mol. The van der Waals surface area contributed by atoms with Crippen molar-refractivity contribution in [3.63, 3.8) is 0 Å². The van der Waals surface area contributed by atoms with Crippen LogP contribution >= 0.6 is 11.3 Å². The smallest absolute Gasteiger partial charge is 0.260 e. The number of amidine groups is 1. The molecule has 1 aromatic heterocycles. The molecular weight excluding hydrogens is 314 g/mol. The fraction of sp³-hybridized carbons (Fsp3) is 0.250. The molecule has 0 aliphatic carbocycles. The Morgan fingerprint density at radius 3 is 2.74 bits per heavy atom. The Bertz CT molecular complexity index is 639. The number of benzene rings is 1. The van der Waals surface area contributed by atoms with Crippen LogP contribution < -0.4 is 15.8 Å². The van der Waals surface area contributed by atoms with E-state index in [4.69, 9.17) is 15.3 Å². The monoisotopic (exact) mass is 333 g/mol. The second-order valence-corrected chi connectivity index (χ2v) is 5.49. The summed E-state index contributed by atoms with van der Waals surface area (Å²) in [6.07, 6.45) is 0.732. The Labute approximate surface area is 138 Å². The van der Waals surface area contributed by atoms with Crippen LogP contribution in [0.3, 0.4) is 0 Å². The second kappa shape index (κ2) is 8.79. The van der Waals surface area contributed by atoms with Crippen LogP contribution in [0.1, 0.15) is 11.1 Å². The molecule has 2 rings (SSSR count). The van der Waals surface area contributed by atoms with Crippen LogP contribution in [0.25, 0.3) is 0 Å². The molecule has 0 unspecified atom stereocenters. The van der Waals surface area contributed by atoms with Gasteiger partial charge in [-0.3, -0.25) is 4.79 Å². The van der Waals surface area contributed by atoms with Gasteiger partial charge in [-0.1, -0.05) is 17.3 Å². The van der Waals surface area contributed by atoms with Crippen molar-refractivity contribution in [3.8, 4) is 5.75 Å². The lowest BCUT2D eigenvalue weighted by Crippen LogP contribution is -2.29. The summed E-state index contributed by atoms with van der Waals surface area (Å²) in [6, 6.07) is 9.55. The molecule has 0 bridgehead atoms. The normalized spacial score (nSPS) is 11.1. The summed E-state index contributed by atoms with van der Waals surface area (Å²) in [6.45, 7) is 0.367. The molecule has 7 heteroatoms. The third-order valence-electron chi connectivity index (χ3n) is 3.07. The van der Waals surface area contributed by atoms with Gasteiger partial charge in [0.05, 0.1) is 7.11 Å². The van der Waals surface area contributed by atoms with E-state index in [1.54, 1.807) is 7.11 Å². The zero-order chi connectivity index (χ0) is 16.5. The summed E-state index contributed by atoms with van der Waals surface area (Å²) < 4.78 is 5.09. The molecule has 0 atom stereocenters. The van der Waals surface area contributed by atoms with Gasteiger partial charge in [-0.25, -0.2) is 0 Å². The molecule has 0 radical (unpaired) electrons. The first-order chi connectivity index (χ1) is 11.2. The maximum Gasteiger partial charge on any atom is 0.260 e. The minimum Gasteiger partial charge on any atom is -0.497 e.